The Balaban J connectivity index is 3.03. The number of hydrogen-bond acceptors (Lipinski definition) is 5. The van der Waals surface area contributed by atoms with Crippen molar-refractivity contribution in [2.75, 3.05) is 13.7 Å². The van der Waals surface area contributed by atoms with Crippen LogP contribution in [-0.2, 0) is 4.74 Å². The summed E-state index contributed by atoms with van der Waals surface area (Å²) in [7, 11) is 1.31. The highest BCUT2D eigenvalue weighted by atomic mass is 16.5. The van der Waals surface area contributed by atoms with Gasteiger partial charge in [0.15, 0.2) is 0 Å². The van der Waals surface area contributed by atoms with Gasteiger partial charge in [-0.15, -0.1) is 0 Å². The molecule has 122 valence electrons. The molecule has 1 aromatic heterocycles. The van der Waals surface area contributed by atoms with E-state index >= 15 is 0 Å². The molecule has 0 saturated carbocycles. The summed E-state index contributed by atoms with van der Waals surface area (Å²) in [5, 5.41) is 3.72. The molecule has 0 atom stereocenters. The van der Waals surface area contributed by atoms with Gasteiger partial charge in [0.25, 0.3) is 5.91 Å². The van der Waals surface area contributed by atoms with Crippen LogP contribution in [0.5, 0.6) is 0 Å². The van der Waals surface area contributed by atoms with Crippen molar-refractivity contribution in [2.24, 2.45) is 0 Å². The van der Waals surface area contributed by atoms with Crippen molar-refractivity contribution in [1.29, 1.82) is 0 Å². The highest BCUT2D eigenvalue weighted by Gasteiger charge is 2.26. The summed E-state index contributed by atoms with van der Waals surface area (Å²) >= 11 is 0. The van der Waals surface area contributed by atoms with E-state index in [-0.39, 0.29) is 18.0 Å². The van der Waals surface area contributed by atoms with Gasteiger partial charge >= 0.3 is 5.97 Å². The van der Waals surface area contributed by atoms with E-state index in [0.717, 1.165) is 0 Å². The Kier molecular flexibility index (Phi) is 6.49. The van der Waals surface area contributed by atoms with Crippen LogP contribution in [0.15, 0.2) is 18.3 Å². The predicted octanol–water partition coefficient (Wildman–Crippen LogP) is 2.36. The Morgan fingerprint density at radius 2 is 1.77 bits per heavy atom. The predicted molar refractivity (Wildman–Crippen MR) is 84.4 cm³/mol. The smallest absolute Gasteiger partial charge is 0.339 e. The van der Waals surface area contributed by atoms with Crippen LogP contribution in [0.1, 0.15) is 55.5 Å². The second-order valence-corrected chi connectivity index (χ2v) is 5.51. The van der Waals surface area contributed by atoms with E-state index in [1.807, 2.05) is 39.6 Å². The molecule has 1 rings (SSSR count). The second kappa shape index (κ2) is 7.89. The lowest BCUT2D eigenvalue weighted by molar-refractivity contribution is -0.0487. The Morgan fingerprint density at radius 3 is 2.14 bits per heavy atom. The molecule has 1 heterocycles. The number of carbonyl (C=O) groups is 2. The molecular weight excluding hydrogens is 282 g/mol. The number of aromatic nitrogens is 1. The lowest BCUT2D eigenvalue weighted by atomic mass is 10.2. The first-order valence-corrected chi connectivity index (χ1v) is 7.47. The topological polar surface area (TPSA) is 62.7 Å². The summed E-state index contributed by atoms with van der Waals surface area (Å²) in [5.74, 6) is -0.647. The zero-order chi connectivity index (χ0) is 16.9. The molecule has 6 nitrogen and oxygen atoms in total. The van der Waals surface area contributed by atoms with Crippen LogP contribution in [-0.4, -0.2) is 52.6 Å². The molecule has 0 bridgehead atoms. The fourth-order valence-electron chi connectivity index (χ4n) is 2.46. The van der Waals surface area contributed by atoms with Gasteiger partial charge in [-0.25, -0.2) is 9.80 Å². The molecule has 1 amide bonds. The van der Waals surface area contributed by atoms with Gasteiger partial charge in [-0.05, 0) is 46.8 Å². The number of methoxy groups -OCH3 is 1. The van der Waals surface area contributed by atoms with Gasteiger partial charge in [0.2, 0.25) is 0 Å². The number of ether oxygens (including phenoxy) is 1. The maximum atomic E-state index is 12.7. The minimum atomic E-state index is -0.468. The Labute approximate surface area is 132 Å². The number of amides is 1. The van der Waals surface area contributed by atoms with Crippen molar-refractivity contribution in [3.63, 3.8) is 0 Å². The summed E-state index contributed by atoms with van der Waals surface area (Å²) in [6.45, 7) is 10.7. The average Bonchev–Trinajstić information content (AvgIpc) is 2.50. The van der Waals surface area contributed by atoms with Gasteiger partial charge in [-0.3, -0.25) is 14.8 Å². The summed E-state index contributed by atoms with van der Waals surface area (Å²) in [6, 6.07) is 3.49. The zero-order valence-electron chi connectivity index (χ0n) is 14.2. The highest BCUT2D eigenvalue weighted by molar-refractivity contribution is 5.94. The first-order valence-electron chi connectivity index (χ1n) is 7.47. The molecule has 1 aromatic rings. The van der Waals surface area contributed by atoms with Crippen molar-refractivity contribution in [3.05, 3.63) is 29.6 Å². The Morgan fingerprint density at radius 1 is 1.18 bits per heavy atom. The third-order valence-corrected chi connectivity index (χ3v) is 3.27. The molecule has 0 aliphatic heterocycles. The largest absolute Gasteiger partial charge is 0.465 e. The van der Waals surface area contributed by atoms with Crippen molar-refractivity contribution >= 4 is 11.9 Å². The molecule has 0 aromatic carbocycles. The van der Waals surface area contributed by atoms with Crippen molar-refractivity contribution in [2.45, 2.75) is 46.7 Å². The summed E-state index contributed by atoms with van der Waals surface area (Å²) < 4.78 is 4.62. The first-order chi connectivity index (χ1) is 10.3. The minimum absolute atomic E-state index is 0.179. The molecular formula is C16H25N3O3. The molecule has 0 aliphatic rings. The van der Waals surface area contributed by atoms with E-state index in [9.17, 15) is 9.59 Å². The van der Waals surface area contributed by atoms with Crippen LogP contribution in [0, 0.1) is 0 Å². The Hall–Kier alpha value is -1.95. The summed E-state index contributed by atoms with van der Waals surface area (Å²) in [6.07, 6.45) is 1.36. The average molecular weight is 307 g/mol. The van der Waals surface area contributed by atoms with Crippen LogP contribution in [0.4, 0.5) is 0 Å². The van der Waals surface area contributed by atoms with E-state index in [2.05, 4.69) is 9.72 Å². The maximum Gasteiger partial charge on any atom is 0.339 e. The molecule has 0 radical (unpaired) electrons. The molecule has 6 heteroatoms. The lowest BCUT2D eigenvalue weighted by Gasteiger charge is -2.40. The van der Waals surface area contributed by atoms with Gasteiger partial charge in [-0.1, -0.05) is 0 Å². The van der Waals surface area contributed by atoms with Crippen molar-refractivity contribution in [1.82, 2.24) is 15.0 Å². The fraction of sp³-hybridized carbons (Fsp3) is 0.562. The molecule has 0 spiro atoms. The van der Waals surface area contributed by atoms with Gasteiger partial charge in [-0.2, -0.15) is 0 Å². The Bertz CT molecular complexity index is 504. The second-order valence-electron chi connectivity index (χ2n) is 5.51. The maximum absolute atomic E-state index is 12.7. The number of nitrogens with zero attached hydrogens (tertiary/aromatic N) is 3. The van der Waals surface area contributed by atoms with E-state index < -0.39 is 5.97 Å². The van der Waals surface area contributed by atoms with Gasteiger partial charge in [0.1, 0.15) is 5.69 Å². The van der Waals surface area contributed by atoms with Crippen LogP contribution < -0.4 is 0 Å². The van der Waals surface area contributed by atoms with Crippen molar-refractivity contribution < 1.29 is 14.3 Å². The summed E-state index contributed by atoms with van der Waals surface area (Å²) in [4.78, 5) is 28.2. The van der Waals surface area contributed by atoms with E-state index in [1.54, 1.807) is 17.1 Å². The standard InChI is InChI=1S/C16H25N3O3/c1-7-18(19(11(2)3)12(4)5)15(20)14-9-8-13(10-17-14)16(21)22-6/h8-12H,7H2,1-6H3. The monoisotopic (exact) mass is 307 g/mol. The first kappa shape index (κ1) is 18.1. The lowest BCUT2D eigenvalue weighted by Crippen LogP contribution is -2.53. The number of hydrazine groups is 1. The third-order valence-electron chi connectivity index (χ3n) is 3.27. The van der Waals surface area contributed by atoms with Crippen LogP contribution in [0.2, 0.25) is 0 Å². The van der Waals surface area contributed by atoms with E-state index in [4.69, 9.17) is 0 Å². The van der Waals surface area contributed by atoms with Crippen LogP contribution >= 0.6 is 0 Å². The molecule has 0 fully saturated rings. The van der Waals surface area contributed by atoms with Gasteiger partial charge in [0.05, 0.1) is 12.7 Å². The number of esters is 1. The van der Waals surface area contributed by atoms with Crippen LogP contribution in [0.3, 0.4) is 0 Å². The third kappa shape index (κ3) is 4.04. The molecule has 22 heavy (non-hydrogen) atoms. The number of rotatable bonds is 6. The fourth-order valence-corrected chi connectivity index (χ4v) is 2.46. The summed E-state index contributed by atoms with van der Waals surface area (Å²) in [5.41, 5.74) is 0.632. The number of carbonyl (C=O) groups excluding carboxylic acids is 2. The number of pyridine rings is 1. The molecule has 0 aliphatic carbocycles. The SMILES string of the molecule is CCN(C(=O)c1ccc(C(=O)OC)cn1)N(C(C)C)C(C)C. The van der Waals surface area contributed by atoms with Crippen LogP contribution in [0.25, 0.3) is 0 Å². The number of hydrogen-bond donors (Lipinski definition) is 0. The van der Waals surface area contributed by atoms with Crippen molar-refractivity contribution in [3.8, 4) is 0 Å². The highest BCUT2D eigenvalue weighted by Crippen LogP contribution is 2.14. The van der Waals surface area contributed by atoms with E-state index in [1.165, 1.54) is 13.3 Å². The zero-order valence-corrected chi connectivity index (χ0v) is 14.2. The minimum Gasteiger partial charge on any atom is -0.465 e. The quantitative estimate of drug-likeness (QED) is 0.596. The van der Waals surface area contributed by atoms with Gasteiger partial charge < -0.3 is 4.74 Å². The van der Waals surface area contributed by atoms with Gasteiger partial charge in [0, 0.05) is 24.8 Å². The molecule has 0 saturated heterocycles. The molecule has 0 N–H and O–H groups in total. The van der Waals surface area contributed by atoms with E-state index in [0.29, 0.717) is 17.8 Å². The molecule has 0 unspecified atom stereocenters. The normalized spacial score (nSPS) is 11.1.